The van der Waals surface area contributed by atoms with Crippen LogP contribution in [0, 0.1) is 13.8 Å². The number of carbonyl (C=O) groups excluding carboxylic acids is 2. The van der Waals surface area contributed by atoms with E-state index in [4.69, 9.17) is 0 Å². The maximum absolute atomic E-state index is 12.3. The van der Waals surface area contributed by atoms with Gasteiger partial charge in [-0.05, 0) is 48.6 Å². The van der Waals surface area contributed by atoms with Crippen molar-refractivity contribution >= 4 is 23.2 Å². The molecule has 2 amide bonds. The molecule has 2 rings (SSSR count). The molecule has 0 spiro atoms. The first-order valence-electron chi connectivity index (χ1n) is 9.33. The average Bonchev–Trinajstić information content (AvgIpc) is 2.56. The summed E-state index contributed by atoms with van der Waals surface area (Å²) in [6.45, 7) is 12.4. The molecule has 0 saturated heterocycles. The van der Waals surface area contributed by atoms with Crippen LogP contribution in [-0.4, -0.2) is 18.4 Å². The minimum absolute atomic E-state index is 0.0655. The predicted molar refractivity (Wildman–Crippen MR) is 112 cm³/mol. The Morgan fingerprint density at radius 2 is 1.63 bits per heavy atom. The molecule has 0 aliphatic carbocycles. The Kier molecular flexibility index (Phi) is 6.42. The fraction of sp³-hybridized carbons (Fsp3) is 0.391. The Morgan fingerprint density at radius 3 is 2.15 bits per heavy atom. The van der Waals surface area contributed by atoms with Crippen molar-refractivity contribution in [3.63, 3.8) is 0 Å². The second-order valence-electron chi connectivity index (χ2n) is 8.09. The molecule has 2 aromatic carbocycles. The number of carbonyl (C=O) groups is 2. The van der Waals surface area contributed by atoms with Gasteiger partial charge in [0.05, 0.1) is 0 Å². The molecule has 2 aromatic rings. The zero-order valence-corrected chi connectivity index (χ0v) is 17.2. The van der Waals surface area contributed by atoms with Gasteiger partial charge in [0, 0.05) is 31.3 Å². The number of hydrogen-bond acceptors (Lipinski definition) is 2. The maximum Gasteiger partial charge on any atom is 0.226 e. The first-order chi connectivity index (χ1) is 12.6. The summed E-state index contributed by atoms with van der Waals surface area (Å²) >= 11 is 0. The van der Waals surface area contributed by atoms with Crippen molar-refractivity contribution in [1.82, 2.24) is 0 Å². The van der Waals surface area contributed by atoms with Crippen molar-refractivity contribution in [1.29, 1.82) is 0 Å². The third kappa shape index (κ3) is 5.68. The van der Waals surface area contributed by atoms with Crippen LogP contribution < -0.4 is 10.2 Å². The molecular weight excluding hydrogens is 336 g/mol. The van der Waals surface area contributed by atoms with Crippen LogP contribution in [0.5, 0.6) is 0 Å². The number of amides is 2. The van der Waals surface area contributed by atoms with Crippen LogP contribution >= 0.6 is 0 Å². The Labute approximate surface area is 162 Å². The molecule has 0 saturated carbocycles. The lowest BCUT2D eigenvalue weighted by Gasteiger charge is -2.23. The largest absolute Gasteiger partial charge is 0.326 e. The van der Waals surface area contributed by atoms with E-state index < -0.39 is 0 Å². The lowest BCUT2D eigenvalue weighted by Crippen LogP contribution is -2.32. The first kappa shape index (κ1) is 20.7. The van der Waals surface area contributed by atoms with E-state index in [9.17, 15) is 9.59 Å². The summed E-state index contributed by atoms with van der Waals surface area (Å²) in [5.41, 5.74) is 5.11. The zero-order chi connectivity index (χ0) is 20.2. The van der Waals surface area contributed by atoms with Crippen LogP contribution in [-0.2, 0) is 15.0 Å². The molecule has 27 heavy (non-hydrogen) atoms. The van der Waals surface area contributed by atoms with E-state index in [0.29, 0.717) is 6.54 Å². The molecule has 0 atom stereocenters. The van der Waals surface area contributed by atoms with Crippen molar-refractivity contribution in [2.75, 3.05) is 16.8 Å². The Morgan fingerprint density at radius 1 is 1.00 bits per heavy atom. The molecular formula is C23H30N2O2. The van der Waals surface area contributed by atoms with Gasteiger partial charge in [0.1, 0.15) is 0 Å². The number of anilines is 2. The van der Waals surface area contributed by atoms with E-state index in [1.165, 1.54) is 12.5 Å². The molecule has 0 radical (unpaired) electrons. The van der Waals surface area contributed by atoms with Crippen LogP contribution in [0.15, 0.2) is 42.5 Å². The lowest BCUT2D eigenvalue weighted by atomic mass is 9.87. The molecule has 0 unspecified atom stereocenters. The van der Waals surface area contributed by atoms with Gasteiger partial charge in [-0.1, -0.05) is 50.6 Å². The third-order valence-corrected chi connectivity index (χ3v) is 4.62. The smallest absolute Gasteiger partial charge is 0.226 e. The van der Waals surface area contributed by atoms with E-state index in [2.05, 4.69) is 26.1 Å². The molecule has 0 heterocycles. The second-order valence-corrected chi connectivity index (χ2v) is 8.09. The molecule has 0 fully saturated rings. The van der Waals surface area contributed by atoms with Crippen molar-refractivity contribution in [3.05, 3.63) is 59.2 Å². The van der Waals surface area contributed by atoms with Crippen molar-refractivity contribution in [3.8, 4) is 0 Å². The highest BCUT2D eigenvalue weighted by atomic mass is 16.2. The molecule has 144 valence electrons. The molecule has 0 aromatic heterocycles. The van der Waals surface area contributed by atoms with Gasteiger partial charge in [-0.2, -0.15) is 0 Å². The van der Waals surface area contributed by atoms with Gasteiger partial charge < -0.3 is 10.2 Å². The number of hydrogen-bond donors (Lipinski definition) is 1. The monoisotopic (exact) mass is 366 g/mol. The van der Waals surface area contributed by atoms with E-state index in [1.54, 1.807) is 4.90 Å². The van der Waals surface area contributed by atoms with Crippen LogP contribution in [0.25, 0.3) is 0 Å². The fourth-order valence-corrected chi connectivity index (χ4v) is 3.05. The SMILES string of the molecule is CC(=O)N(CCC(=O)Nc1ccc(C(C)(C)C)cc1)c1ccc(C)cc1C. The topological polar surface area (TPSA) is 49.4 Å². The van der Waals surface area contributed by atoms with Crippen LogP contribution in [0.3, 0.4) is 0 Å². The number of rotatable bonds is 5. The number of nitrogens with zero attached hydrogens (tertiary/aromatic N) is 1. The Hall–Kier alpha value is -2.62. The Bertz CT molecular complexity index is 817. The highest BCUT2D eigenvalue weighted by molar-refractivity contribution is 5.95. The zero-order valence-electron chi connectivity index (χ0n) is 17.2. The number of benzene rings is 2. The van der Waals surface area contributed by atoms with Gasteiger partial charge >= 0.3 is 0 Å². The number of aryl methyl sites for hydroxylation is 2. The Balaban J connectivity index is 2.01. The van der Waals surface area contributed by atoms with Crippen molar-refractivity contribution in [2.24, 2.45) is 0 Å². The summed E-state index contributed by atoms with van der Waals surface area (Å²) in [5, 5.41) is 2.91. The van der Waals surface area contributed by atoms with E-state index in [0.717, 1.165) is 22.5 Å². The molecule has 1 N–H and O–H groups in total. The molecule has 4 nitrogen and oxygen atoms in total. The summed E-state index contributed by atoms with van der Waals surface area (Å²) < 4.78 is 0. The number of nitrogens with one attached hydrogen (secondary N) is 1. The maximum atomic E-state index is 12.3. The average molecular weight is 367 g/mol. The van der Waals surface area contributed by atoms with E-state index >= 15 is 0 Å². The molecule has 0 aliphatic rings. The minimum atomic E-state index is -0.102. The molecule has 4 heteroatoms. The van der Waals surface area contributed by atoms with Gasteiger partial charge in [0.25, 0.3) is 0 Å². The van der Waals surface area contributed by atoms with Crippen LogP contribution in [0.1, 0.15) is 50.8 Å². The quantitative estimate of drug-likeness (QED) is 0.811. The van der Waals surface area contributed by atoms with Crippen molar-refractivity contribution < 1.29 is 9.59 Å². The van der Waals surface area contributed by atoms with E-state index in [1.807, 2.05) is 56.3 Å². The molecule has 0 aliphatic heterocycles. The summed E-state index contributed by atoms with van der Waals surface area (Å²) in [4.78, 5) is 26.1. The van der Waals surface area contributed by atoms with E-state index in [-0.39, 0.29) is 23.7 Å². The summed E-state index contributed by atoms with van der Waals surface area (Å²) in [5.74, 6) is -0.168. The van der Waals surface area contributed by atoms with Gasteiger partial charge in [0.2, 0.25) is 11.8 Å². The van der Waals surface area contributed by atoms with Crippen LogP contribution in [0.2, 0.25) is 0 Å². The lowest BCUT2D eigenvalue weighted by molar-refractivity contribution is -0.117. The first-order valence-corrected chi connectivity index (χ1v) is 9.33. The third-order valence-electron chi connectivity index (χ3n) is 4.62. The second kappa shape index (κ2) is 8.38. The minimum Gasteiger partial charge on any atom is -0.326 e. The predicted octanol–water partition coefficient (Wildman–Crippen LogP) is 4.98. The van der Waals surface area contributed by atoms with Gasteiger partial charge in [-0.15, -0.1) is 0 Å². The highest BCUT2D eigenvalue weighted by Crippen LogP contribution is 2.24. The standard InChI is InChI=1S/C23H30N2O2/c1-16-7-12-21(17(2)15-16)25(18(3)26)14-13-22(27)24-20-10-8-19(9-11-20)23(4,5)6/h7-12,15H,13-14H2,1-6H3,(H,24,27). The van der Waals surface area contributed by atoms with Gasteiger partial charge in [0.15, 0.2) is 0 Å². The summed E-state index contributed by atoms with van der Waals surface area (Å²) in [7, 11) is 0. The fourth-order valence-electron chi connectivity index (χ4n) is 3.05. The van der Waals surface area contributed by atoms with Crippen molar-refractivity contribution in [2.45, 2.75) is 53.4 Å². The van der Waals surface area contributed by atoms with Gasteiger partial charge in [-0.3, -0.25) is 9.59 Å². The summed E-state index contributed by atoms with van der Waals surface area (Å²) in [6, 6.07) is 13.9. The highest BCUT2D eigenvalue weighted by Gasteiger charge is 2.16. The van der Waals surface area contributed by atoms with Gasteiger partial charge in [-0.25, -0.2) is 0 Å². The normalized spacial score (nSPS) is 11.2. The van der Waals surface area contributed by atoms with Crippen LogP contribution in [0.4, 0.5) is 11.4 Å². The summed E-state index contributed by atoms with van der Waals surface area (Å²) in [6.07, 6.45) is 0.244. The molecule has 0 bridgehead atoms.